The minimum atomic E-state index is -1.24. The highest BCUT2D eigenvalue weighted by Gasteiger charge is 2.54. The van der Waals surface area contributed by atoms with E-state index in [4.69, 9.17) is 21.7 Å². The molecule has 3 aromatic carbocycles. The van der Waals surface area contributed by atoms with Crippen LogP contribution in [0.3, 0.4) is 0 Å². The van der Waals surface area contributed by atoms with Crippen molar-refractivity contribution in [2.24, 2.45) is 0 Å². The van der Waals surface area contributed by atoms with Crippen molar-refractivity contribution in [3.8, 4) is 23.0 Å². The van der Waals surface area contributed by atoms with Gasteiger partial charge in [-0.2, -0.15) is 0 Å². The second-order valence-electron chi connectivity index (χ2n) is 6.42. The van der Waals surface area contributed by atoms with Gasteiger partial charge in [-0.25, -0.2) is 4.79 Å². The molecule has 0 saturated heterocycles. The average molecular weight is 376 g/mol. The maximum Gasteiger partial charge on any atom is 0.340 e. The van der Waals surface area contributed by atoms with Gasteiger partial charge in [-0.1, -0.05) is 30.4 Å². The van der Waals surface area contributed by atoms with E-state index in [2.05, 4.69) is 0 Å². The molecule has 2 aliphatic rings. The number of carbonyl (C=O) groups is 1. The molecule has 2 aliphatic heterocycles. The van der Waals surface area contributed by atoms with E-state index >= 15 is 0 Å². The van der Waals surface area contributed by atoms with E-state index in [0.717, 1.165) is 0 Å². The number of thiocarbonyl (C=S) groups is 1. The van der Waals surface area contributed by atoms with Crippen molar-refractivity contribution in [2.75, 3.05) is 0 Å². The quantitative estimate of drug-likeness (QED) is 0.494. The zero-order chi connectivity index (χ0) is 18.8. The van der Waals surface area contributed by atoms with Crippen LogP contribution in [-0.4, -0.2) is 21.5 Å². The molecule has 3 aromatic rings. The Morgan fingerprint density at radius 3 is 2.11 bits per heavy atom. The van der Waals surface area contributed by atoms with Crippen LogP contribution in [0.25, 0.3) is 0 Å². The lowest BCUT2D eigenvalue weighted by atomic mass is 9.77. The Balaban J connectivity index is 1.92. The molecule has 0 aliphatic carbocycles. The maximum atomic E-state index is 12.8. The second-order valence-corrected chi connectivity index (χ2v) is 6.66. The third-order valence-corrected chi connectivity index (χ3v) is 5.22. The first-order chi connectivity index (χ1) is 13.0. The third kappa shape index (κ3) is 1.98. The highest BCUT2D eigenvalue weighted by atomic mass is 32.1. The Hall–Kier alpha value is -3.38. The number of ether oxygens (including phenoxy) is 2. The molecular formula is C21H12O5S. The maximum absolute atomic E-state index is 12.8. The fourth-order valence-corrected chi connectivity index (χ4v) is 4.07. The molecule has 6 heteroatoms. The van der Waals surface area contributed by atoms with Crippen LogP contribution in [0.1, 0.15) is 32.6 Å². The van der Waals surface area contributed by atoms with Gasteiger partial charge in [0.1, 0.15) is 23.0 Å². The number of phenolic OH excluding ortho intramolecular Hbond substituents is 2. The molecule has 0 fully saturated rings. The number of rotatable bonds is 1. The van der Waals surface area contributed by atoms with Crippen molar-refractivity contribution in [1.82, 2.24) is 0 Å². The zero-order valence-corrected chi connectivity index (χ0v) is 14.6. The van der Waals surface area contributed by atoms with Crippen LogP contribution in [0.4, 0.5) is 0 Å². The molecule has 0 atom stereocenters. The topological polar surface area (TPSA) is 76.0 Å². The van der Waals surface area contributed by atoms with Gasteiger partial charge in [-0.05, 0) is 24.3 Å². The summed E-state index contributed by atoms with van der Waals surface area (Å²) in [6.07, 6.45) is 0. The van der Waals surface area contributed by atoms with E-state index in [1.54, 1.807) is 18.2 Å². The zero-order valence-electron chi connectivity index (χ0n) is 13.8. The molecule has 0 aromatic heterocycles. The lowest BCUT2D eigenvalue weighted by Crippen LogP contribution is -2.32. The Morgan fingerprint density at radius 1 is 0.889 bits per heavy atom. The molecule has 2 N–H and O–H groups in total. The van der Waals surface area contributed by atoms with Crippen molar-refractivity contribution < 1.29 is 24.5 Å². The van der Waals surface area contributed by atoms with Gasteiger partial charge < -0.3 is 19.7 Å². The van der Waals surface area contributed by atoms with E-state index in [1.807, 2.05) is 12.1 Å². The van der Waals surface area contributed by atoms with Crippen molar-refractivity contribution in [2.45, 2.75) is 5.60 Å². The van der Waals surface area contributed by atoms with Crippen LogP contribution in [0, 0.1) is 0 Å². The number of benzene rings is 3. The number of esters is 1. The Labute approximate surface area is 159 Å². The number of phenols is 2. The predicted molar refractivity (Wildman–Crippen MR) is 101 cm³/mol. The van der Waals surface area contributed by atoms with E-state index < -0.39 is 11.6 Å². The number of hydrogen-bond acceptors (Lipinski definition) is 6. The van der Waals surface area contributed by atoms with Gasteiger partial charge in [0, 0.05) is 39.8 Å². The van der Waals surface area contributed by atoms with Crippen LogP contribution in [0.5, 0.6) is 23.0 Å². The number of fused-ring (bicyclic) bond motifs is 6. The Bertz CT molecular complexity index is 1100. The summed E-state index contributed by atoms with van der Waals surface area (Å²) in [5, 5.41) is 21.2. The molecule has 1 spiro atoms. The van der Waals surface area contributed by atoms with Crippen molar-refractivity contribution in [1.29, 1.82) is 0 Å². The van der Waals surface area contributed by atoms with Crippen LogP contribution >= 0.6 is 12.2 Å². The summed E-state index contributed by atoms with van der Waals surface area (Å²) >= 11 is 5.07. The van der Waals surface area contributed by atoms with Crippen molar-refractivity contribution >= 4 is 23.6 Å². The first kappa shape index (κ1) is 15.8. The van der Waals surface area contributed by atoms with Crippen molar-refractivity contribution in [3.05, 3.63) is 82.4 Å². The van der Waals surface area contributed by atoms with Gasteiger partial charge >= 0.3 is 5.97 Å². The number of hydrogen-bond donors (Lipinski definition) is 2. The van der Waals surface area contributed by atoms with Crippen molar-refractivity contribution in [3.63, 3.8) is 0 Å². The van der Waals surface area contributed by atoms with Gasteiger partial charge in [0.2, 0.25) is 0 Å². The molecule has 27 heavy (non-hydrogen) atoms. The fraction of sp³-hybridized carbons (Fsp3) is 0.0476. The van der Waals surface area contributed by atoms with Crippen LogP contribution in [0.2, 0.25) is 0 Å². The van der Waals surface area contributed by atoms with Crippen LogP contribution in [0.15, 0.2) is 54.6 Å². The van der Waals surface area contributed by atoms with Gasteiger partial charge in [-0.15, -0.1) is 0 Å². The molecule has 2 heterocycles. The summed E-state index contributed by atoms with van der Waals surface area (Å²) in [5.41, 5.74) is 1.60. The summed E-state index contributed by atoms with van der Waals surface area (Å²) in [7, 11) is 0. The smallest absolute Gasteiger partial charge is 0.340 e. The molecule has 0 bridgehead atoms. The predicted octanol–water partition coefficient (Wildman–Crippen LogP) is 4.01. The Morgan fingerprint density at radius 2 is 1.52 bits per heavy atom. The minimum absolute atomic E-state index is 0.0182. The minimum Gasteiger partial charge on any atom is -0.508 e. The lowest BCUT2D eigenvalue weighted by molar-refractivity contribution is 0.0224. The highest BCUT2D eigenvalue weighted by Crippen LogP contribution is 2.57. The van der Waals surface area contributed by atoms with Gasteiger partial charge in [0.25, 0.3) is 0 Å². The second kappa shape index (κ2) is 5.31. The summed E-state index contributed by atoms with van der Waals surface area (Å²) < 4.78 is 11.9. The van der Waals surface area contributed by atoms with Gasteiger partial charge in [0.15, 0.2) is 5.60 Å². The van der Waals surface area contributed by atoms with Gasteiger partial charge in [-0.3, -0.25) is 0 Å². The molecule has 0 saturated carbocycles. The first-order valence-electron chi connectivity index (χ1n) is 8.21. The lowest BCUT2D eigenvalue weighted by Gasteiger charge is -2.36. The van der Waals surface area contributed by atoms with E-state index in [1.165, 1.54) is 29.6 Å². The molecule has 5 rings (SSSR count). The monoisotopic (exact) mass is 376 g/mol. The molecule has 5 nitrogen and oxygen atoms in total. The van der Waals surface area contributed by atoms with E-state index in [-0.39, 0.29) is 11.5 Å². The molecule has 0 unspecified atom stereocenters. The molecule has 0 amide bonds. The molecular weight excluding hydrogens is 364 g/mol. The number of aromatic hydroxyl groups is 2. The fourth-order valence-electron chi connectivity index (χ4n) is 3.87. The normalized spacial score (nSPS) is 15.3. The van der Waals surface area contributed by atoms with E-state index in [0.29, 0.717) is 39.3 Å². The summed E-state index contributed by atoms with van der Waals surface area (Å²) in [5.74, 6) is 0.249. The Kier molecular flexibility index (Phi) is 3.12. The van der Waals surface area contributed by atoms with Crippen LogP contribution < -0.4 is 4.74 Å². The SMILES string of the molecule is O=C1OC2(c3ccc(O)cc3Oc3cc(O)ccc32)c2cccc(C=S)c21. The third-order valence-electron chi connectivity index (χ3n) is 4.96. The molecule has 0 radical (unpaired) electrons. The standard InChI is InChI=1S/C21H12O5S/c22-12-4-6-14-17(8-12)25-18-9-13(23)5-7-15(18)21(14)16-3-1-2-11(10-27)19(16)20(24)26-21/h1-10,22-23H. The highest BCUT2D eigenvalue weighted by molar-refractivity contribution is 7.79. The first-order valence-corrected chi connectivity index (χ1v) is 8.68. The van der Waals surface area contributed by atoms with Gasteiger partial charge in [0.05, 0.1) is 5.56 Å². The van der Waals surface area contributed by atoms with Crippen LogP contribution in [-0.2, 0) is 10.3 Å². The summed E-state index contributed by atoms with van der Waals surface area (Å²) in [4.78, 5) is 12.8. The molecule has 132 valence electrons. The summed E-state index contributed by atoms with van der Waals surface area (Å²) in [6.45, 7) is 0. The summed E-state index contributed by atoms with van der Waals surface area (Å²) in [6, 6.07) is 14.7. The number of carbonyl (C=O) groups excluding carboxylic acids is 1. The largest absolute Gasteiger partial charge is 0.508 e. The average Bonchev–Trinajstić information content (AvgIpc) is 2.95. The van der Waals surface area contributed by atoms with E-state index in [9.17, 15) is 15.0 Å².